The van der Waals surface area contributed by atoms with Crippen LogP contribution in [0.15, 0.2) is 103 Å². The fraction of sp³-hybridized carbons (Fsp3) is 0.138. The van der Waals surface area contributed by atoms with Crippen molar-refractivity contribution >= 4 is 11.6 Å². The molecule has 4 heteroatoms. The molecule has 6 rings (SSSR count). The van der Waals surface area contributed by atoms with E-state index in [4.69, 9.17) is 9.47 Å². The highest BCUT2D eigenvalue weighted by Gasteiger charge is 2.68. The van der Waals surface area contributed by atoms with E-state index in [1.54, 1.807) is 0 Å². The van der Waals surface area contributed by atoms with Crippen molar-refractivity contribution in [1.82, 2.24) is 0 Å². The van der Waals surface area contributed by atoms with Crippen molar-refractivity contribution in [3.63, 3.8) is 0 Å². The Bertz CT molecular complexity index is 1290. The molecule has 1 fully saturated rings. The molecular weight excluding hydrogens is 410 g/mol. The zero-order valence-corrected chi connectivity index (χ0v) is 18.3. The molecular formula is C29H23NO3. The van der Waals surface area contributed by atoms with Gasteiger partial charge in [-0.25, -0.2) is 0 Å². The second-order valence-corrected chi connectivity index (χ2v) is 8.27. The lowest BCUT2D eigenvalue weighted by atomic mass is 9.72. The van der Waals surface area contributed by atoms with E-state index in [-0.39, 0.29) is 5.91 Å². The van der Waals surface area contributed by atoms with Crippen molar-refractivity contribution in [2.75, 3.05) is 11.5 Å². The van der Waals surface area contributed by atoms with Crippen LogP contribution in [0.4, 0.5) is 5.69 Å². The topological polar surface area (TPSA) is 38.8 Å². The summed E-state index contributed by atoms with van der Waals surface area (Å²) in [6, 6.07) is 34.0. The number of nitrogens with zero attached hydrogens (tertiary/aromatic N) is 1. The van der Waals surface area contributed by atoms with E-state index in [0.29, 0.717) is 12.4 Å². The molecule has 33 heavy (non-hydrogen) atoms. The molecule has 0 radical (unpaired) electrons. The number of benzene rings is 4. The lowest BCUT2D eigenvalue weighted by Crippen LogP contribution is -2.74. The average Bonchev–Trinajstić information content (AvgIpc) is 3.17. The fourth-order valence-electron chi connectivity index (χ4n) is 5.25. The lowest BCUT2D eigenvalue weighted by Gasteiger charge is -2.55. The Morgan fingerprint density at radius 1 is 0.727 bits per heavy atom. The number of fused-ring (bicyclic) bond motifs is 5. The number of carbonyl (C=O) groups excluding carboxylic acids is 1. The predicted octanol–water partition coefficient (Wildman–Crippen LogP) is 5.80. The van der Waals surface area contributed by atoms with E-state index < -0.39 is 11.6 Å². The SMILES string of the molecule is CCOc1ccc(N2C(=O)C(Oc3ccccc3)C23c2ccccc2-c2ccccc23)cc1. The van der Waals surface area contributed by atoms with Crippen molar-refractivity contribution in [2.24, 2.45) is 0 Å². The molecule has 4 nitrogen and oxygen atoms in total. The van der Waals surface area contributed by atoms with Crippen molar-refractivity contribution in [2.45, 2.75) is 18.6 Å². The number of anilines is 1. The van der Waals surface area contributed by atoms with Gasteiger partial charge in [0.2, 0.25) is 6.10 Å². The third-order valence-corrected chi connectivity index (χ3v) is 6.55. The molecule has 0 N–H and O–H groups in total. The molecule has 1 amide bonds. The number of rotatable bonds is 5. The van der Waals surface area contributed by atoms with Gasteiger partial charge >= 0.3 is 0 Å². The summed E-state index contributed by atoms with van der Waals surface area (Å²) in [5, 5.41) is 0. The minimum atomic E-state index is -0.743. The standard InChI is InChI=1S/C29H23NO3/c1-2-32-21-18-16-20(17-19-21)30-28(31)27(33-22-10-4-3-5-11-22)29(30)25-14-8-6-12-23(25)24-13-7-9-15-26(24)29/h3-19,27H,2H2,1H3. The monoisotopic (exact) mass is 433 g/mol. The Hall–Kier alpha value is -4.05. The maximum Gasteiger partial charge on any atom is 0.272 e. The van der Waals surface area contributed by atoms with E-state index in [9.17, 15) is 4.79 Å². The maximum absolute atomic E-state index is 13.7. The van der Waals surface area contributed by atoms with Gasteiger partial charge in [-0.2, -0.15) is 0 Å². The molecule has 4 aromatic rings. The van der Waals surface area contributed by atoms with Gasteiger partial charge in [-0.05, 0) is 65.6 Å². The van der Waals surface area contributed by atoms with Gasteiger partial charge in [-0.15, -0.1) is 0 Å². The van der Waals surface area contributed by atoms with Crippen LogP contribution >= 0.6 is 0 Å². The van der Waals surface area contributed by atoms with Crippen LogP contribution < -0.4 is 14.4 Å². The fourth-order valence-corrected chi connectivity index (χ4v) is 5.25. The van der Waals surface area contributed by atoms with Crippen LogP contribution in [0.1, 0.15) is 18.1 Å². The van der Waals surface area contributed by atoms with Crippen molar-refractivity contribution in [3.8, 4) is 22.6 Å². The quantitative estimate of drug-likeness (QED) is 0.373. The van der Waals surface area contributed by atoms with Gasteiger partial charge in [0.1, 0.15) is 17.0 Å². The number of hydrogen-bond donors (Lipinski definition) is 0. The molecule has 4 aromatic carbocycles. The predicted molar refractivity (Wildman–Crippen MR) is 129 cm³/mol. The summed E-state index contributed by atoms with van der Waals surface area (Å²) in [6.07, 6.45) is -0.670. The van der Waals surface area contributed by atoms with Crippen molar-refractivity contribution < 1.29 is 14.3 Å². The number of para-hydroxylation sites is 1. The van der Waals surface area contributed by atoms with Gasteiger partial charge in [0.15, 0.2) is 0 Å². The van der Waals surface area contributed by atoms with Gasteiger partial charge in [-0.1, -0.05) is 66.7 Å². The number of carbonyl (C=O) groups is 1. The molecule has 1 saturated heterocycles. The third-order valence-electron chi connectivity index (χ3n) is 6.55. The normalized spacial score (nSPS) is 17.3. The molecule has 1 heterocycles. The summed E-state index contributed by atoms with van der Waals surface area (Å²) in [5.74, 6) is 1.41. The minimum absolute atomic E-state index is 0.0606. The molecule has 2 aliphatic rings. The molecule has 0 saturated carbocycles. The number of amides is 1. The highest BCUT2D eigenvalue weighted by molar-refractivity contribution is 6.11. The van der Waals surface area contributed by atoms with Gasteiger partial charge in [0.05, 0.1) is 6.61 Å². The number of β-lactam (4-membered cyclic amide) rings is 1. The average molecular weight is 434 g/mol. The first kappa shape index (κ1) is 19.6. The van der Waals surface area contributed by atoms with Crippen LogP contribution in [-0.2, 0) is 10.3 Å². The smallest absolute Gasteiger partial charge is 0.272 e. The lowest BCUT2D eigenvalue weighted by molar-refractivity contribution is -0.139. The summed E-state index contributed by atoms with van der Waals surface area (Å²) in [7, 11) is 0. The summed E-state index contributed by atoms with van der Waals surface area (Å²) in [6.45, 7) is 2.55. The van der Waals surface area contributed by atoms with Crippen LogP contribution in [0.5, 0.6) is 11.5 Å². The van der Waals surface area contributed by atoms with Gasteiger partial charge < -0.3 is 9.47 Å². The molecule has 1 unspecified atom stereocenters. The second kappa shape index (κ2) is 7.52. The molecule has 0 aromatic heterocycles. The Morgan fingerprint density at radius 2 is 1.30 bits per heavy atom. The van der Waals surface area contributed by atoms with Crippen LogP contribution in [0.25, 0.3) is 11.1 Å². The number of ether oxygens (including phenoxy) is 2. The van der Waals surface area contributed by atoms with Gasteiger partial charge in [-0.3, -0.25) is 9.69 Å². The Kier molecular flexibility index (Phi) is 4.47. The zero-order chi connectivity index (χ0) is 22.4. The second-order valence-electron chi connectivity index (χ2n) is 8.27. The van der Waals surface area contributed by atoms with E-state index in [2.05, 4.69) is 24.3 Å². The molecule has 1 spiro atoms. The summed E-state index contributed by atoms with van der Waals surface area (Å²) in [5.41, 5.74) is 4.52. The molecule has 162 valence electrons. The largest absolute Gasteiger partial charge is 0.494 e. The Morgan fingerprint density at radius 3 is 1.91 bits per heavy atom. The maximum atomic E-state index is 13.7. The highest BCUT2D eigenvalue weighted by Crippen LogP contribution is 2.59. The first-order valence-electron chi connectivity index (χ1n) is 11.2. The van der Waals surface area contributed by atoms with Crippen LogP contribution in [0.3, 0.4) is 0 Å². The van der Waals surface area contributed by atoms with Gasteiger partial charge in [0, 0.05) is 5.69 Å². The summed E-state index contributed by atoms with van der Waals surface area (Å²) < 4.78 is 12.0. The number of hydrogen-bond acceptors (Lipinski definition) is 3. The highest BCUT2D eigenvalue weighted by atomic mass is 16.5. The van der Waals surface area contributed by atoms with Crippen LogP contribution in [0, 0.1) is 0 Å². The van der Waals surface area contributed by atoms with Crippen molar-refractivity contribution in [1.29, 1.82) is 0 Å². The van der Waals surface area contributed by atoms with E-state index in [1.165, 1.54) is 0 Å². The molecule has 1 aliphatic heterocycles. The van der Waals surface area contributed by atoms with Crippen LogP contribution in [-0.4, -0.2) is 18.6 Å². The Labute approximate surface area is 193 Å². The molecule has 0 bridgehead atoms. The summed E-state index contributed by atoms with van der Waals surface area (Å²) in [4.78, 5) is 15.6. The van der Waals surface area contributed by atoms with Crippen LogP contribution in [0.2, 0.25) is 0 Å². The summed E-state index contributed by atoms with van der Waals surface area (Å²) >= 11 is 0. The van der Waals surface area contributed by atoms with E-state index >= 15 is 0 Å². The van der Waals surface area contributed by atoms with E-state index in [0.717, 1.165) is 33.7 Å². The van der Waals surface area contributed by atoms with E-state index in [1.807, 2.05) is 90.7 Å². The first-order valence-corrected chi connectivity index (χ1v) is 11.2. The first-order chi connectivity index (χ1) is 16.2. The van der Waals surface area contributed by atoms with Gasteiger partial charge in [0.25, 0.3) is 5.91 Å². The minimum Gasteiger partial charge on any atom is -0.494 e. The molecule has 1 aliphatic carbocycles. The molecule has 1 atom stereocenters. The Balaban J connectivity index is 1.55. The third kappa shape index (κ3) is 2.74. The van der Waals surface area contributed by atoms with Crippen molar-refractivity contribution in [3.05, 3.63) is 114 Å². The zero-order valence-electron chi connectivity index (χ0n) is 18.3.